The minimum atomic E-state index is -2.24. The van der Waals surface area contributed by atoms with E-state index in [-0.39, 0.29) is 30.5 Å². The summed E-state index contributed by atoms with van der Waals surface area (Å²) in [5.41, 5.74) is -0.717. The van der Waals surface area contributed by atoms with Crippen LogP contribution in [0.3, 0.4) is 0 Å². The maximum absolute atomic E-state index is 15.8. The normalized spacial score (nSPS) is 22.6. The summed E-state index contributed by atoms with van der Waals surface area (Å²) in [7, 11) is 5.16. The molecule has 3 aliphatic rings. The highest BCUT2D eigenvalue weighted by atomic mass is 19.1. The summed E-state index contributed by atoms with van der Waals surface area (Å²) in [5.74, 6) is 0.398. The van der Waals surface area contributed by atoms with Gasteiger partial charge in [0.05, 0.1) is 25.5 Å². The summed E-state index contributed by atoms with van der Waals surface area (Å²) < 4.78 is 21.4. The first-order chi connectivity index (χ1) is 19.2. The highest BCUT2D eigenvalue weighted by molar-refractivity contribution is 6.04. The molecular weight excluding hydrogens is 513 g/mol. The lowest BCUT2D eigenvalue weighted by Crippen LogP contribution is -2.49. The van der Waals surface area contributed by atoms with Crippen LogP contribution in [0.25, 0.3) is 0 Å². The van der Waals surface area contributed by atoms with Crippen molar-refractivity contribution in [1.29, 1.82) is 0 Å². The van der Waals surface area contributed by atoms with Gasteiger partial charge in [0.1, 0.15) is 11.4 Å². The molecule has 0 radical (unpaired) electrons. The number of nitrogens with zero attached hydrogens (tertiary/aromatic N) is 5. The van der Waals surface area contributed by atoms with Crippen molar-refractivity contribution in [2.45, 2.75) is 56.3 Å². The molecule has 1 aromatic carbocycles. The monoisotopic (exact) mass is 551 g/mol. The van der Waals surface area contributed by atoms with Crippen LogP contribution in [-0.4, -0.2) is 85.3 Å². The first kappa shape index (κ1) is 27.8. The predicted molar refractivity (Wildman–Crippen MR) is 153 cm³/mol. The molecule has 2 amide bonds. The fraction of sp³-hybridized carbons (Fsp3) is 0.517. The Morgan fingerprint density at radius 3 is 2.60 bits per heavy atom. The van der Waals surface area contributed by atoms with Gasteiger partial charge in [-0.1, -0.05) is 19.4 Å². The number of hydrogen-bond donors (Lipinski definition) is 2. The molecule has 2 aromatic rings. The van der Waals surface area contributed by atoms with Crippen molar-refractivity contribution in [2.75, 3.05) is 56.0 Å². The summed E-state index contributed by atoms with van der Waals surface area (Å²) in [6.45, 7) is 5.37. The molecule has 1 saturated heterocycles. The summed E-state index contributed by atoms with van der Waals surface area (Å²) in [6, 6.07) is 5.39. The van der Waals surface area contributed by atoms with E-state index in [9.17, 15) is 9.59 Å². The number of piperidine rings is 1. The quantitative estimate of drug-likeness (QED) is 0.503. The molecule has 214 valence electrons. The summed E-state index contributed by atoms with van der Waals surface area (Å²) in [4.78, 5) is 40.6. The number of carbonyl (C=O) groups excluding carboxylic acids is 2. The molecule has 0 bridgehead atoms. The van der Waals surface area contributed by atoms with E-state index < -0.39 is 11.6 Å². The van der Waals surface area contributed by atoms with E-state index in [1.54, 1.807) is 18.2 Å². The zero-order chi connectivity index (χ0) is 28.4. The number of carbonyl (C=O) groups is 2. The number of aromatic nitrogens is 2. The molecule has 5 rings (SSSR count). The minimum absolute atomic E-state index is 0.0628. The summed E-state index contributed by atoms with van der Waals surface area (Å²) >= 11 is 0. The number of methoxy groups -OCH3 is 1. The zero-order valence-electron chi connectivity index (χ0n) is 23.5. The van der Waals surface area contributed by atoms with Crippen LogP contribution in [0, 0.1) is 0 Å². The van der Waals surface area contributed by atoms with Gasteiger partial charge in [-0.2, -0.15) is 4.98 Å². The Bertz CT molecular complexity index is 1280. The van der Waals surface area contributed by atoms with Crippen molar-refractivity contribution in [3.63, 3.8) is 0 Å². The second-order valence-electron chi connectivity index (χ2n) is 11.0. The second kappa shape index (κ2) is 11.4. The number of amides is 2. The third-order valence-corrected chi connectivity index (χ3v) is 8.30. The van der Waals surface area contributed by atoms with Crippen LogP contribution >= 0.6 is 0 Å². The molecule has 2 N–H and O–H groups in total. The molecule has 1 saturated carbocycles. The van der Waals surface area contributed by atoms with Gasteiger partial charge in [-0.15, -0.1) is 0 Å². The van der Waals surface area contributed by atoms with E-state index in [2.05, 4.69) is 34.1 Å². The Kier molecular flexibility index (Phi) is 7.93. The maximum Gasteiger partial charge on any atom is 0.270 e. The van der Waals surface area contributed by atoms with Crippen LogP contribution in [0.15, 0.2) is 37.1 Å². The molecule has 11 heteroatoms. The van der Waals surface area contributed by atoms with Gasteiger partial charge < -0.3 is 30.1 Å². The number of likely N-dealkylation sites (tertiary alicyclic amines) is 1. The van der Waals surface area contributed by atoms with Crippen LogP contribution in [-0.2, 0) is 4.79 Å². The molecule has 1 atom stereocenters. The average molecular weight is 552 g/mol. The molecule has 40 heavy (non-hydrogen) atoms. The fourth-order valence-corrected chi connectivity index (χ4v) is 5.80. The van der Waals surface area contributed by atoms with Crippen LogP contribution < -0.4 is 25.2 Å². The SMILES string of the molecule is C=C[C@]1(F)CN(C2CCCC2)c2nc(Nc3ccc(C(=O)NC4CCN(C)CC4)cc3OC)ncc2N(C)C1=O. The van der Waals surface area contributed by atoms with Crippen LogP contribution in [0.5, 0.6) is 5.75 Å². The van der Waals surface area contributed by atoms with E-state index >= 15 is 4.39 Å². The largest absolute Gasteiger partial charge is 0.495 e. The van der Waals surface area contributed by atoms with E-state index in [1.807, 2.05) is 4.90 Å². The Morgan fingerprint density at radius 1 is 1.20 bits per heavy atom. The average Bonchev–Trinajstić information content (AvgIpc) is 3.49. The Hall–Kier alpha value is -3.73. The van der Waals surface area contributed by atoms with Crippen LogP contribution in [0.2, 0.25) is 0 Å². The van der Waals surface area contributed by atoms with Crippen molar-refractivity contribution in [1.82, 2.24) is 20.2 Å². The smallest absolute Gasteiger partial charge is 0.270 e. The maximum atomic E-state index is 15.8. The molecular formula is C29H38FN7O3. The van der Waals surface area contributed by atoms with Gasteiger partial charge in [-0.05, 0) is 70.1 Å². The van der Waals surface area contributed by atoms with Crippen LogP contribution in [0.1, 0.15) is 48.9 Å². The lowest BCUT2D eigenvalue weighted by Gasteiger charge is -2.32. The highest BCUT2D eigenvalue weighted by Gasteiger charge is 2.46. The Labute approximate surface area is 234 Å². The minimum Gasteiger partial charge on any atom is -0.495 e. The van der Waals surface area contributed by atoms with Gasteiger partial charge in [0, 0.05) is 24.7 Å². The molecule has 0 unspecified atom stereocenters. The van der Waals surface area contributed by atoms with Crippen molar-refractivity contribution in [2.24, 2.45) is 0 Å². The van der Waals surface area contributed by atoms with Gasteiger partial charge in [-0.3, -0.25) is 9.59 Å². The number of ether oxygens (including phenoxy) is 1. The first-order valence-corrected chi connectivity index (χ1v) is 13.9. The third kappa shape index (κ3) is 5.47. The van der Waals surface area contributed by atoms with E-state index in [4.69, 9.17) is 9.72 Å². The Morgan fingerprint density at radius 2 is 1.93 bits per heavy atom. The van der Waals surface area contributed by atoms with Gasteiger partial charge in [-0.25, -0.2) is 9.37 Å². The number of fused-ring (bicyclic) bond motifs is 1. The molecule has 0 spiro atoms. The van der Waals surface area contributed by atoms with Crippen molar-refractivity contribution in [3.05, 3.63) is 42.6 Å². The third-order valence-electron chi connectivity index (χ3n) is 8.30. The standard InChI is InChI=1S/C29H38FN7O3/c1-5-29(30)18-37(21-8-6-7-9-21)25-23(36(3)27(29)39)17-31-28(34-25)33-22-11-10-19(16-24(22)40-4)26(38)32-20-12-14-35(2)15-13-20/h5,10-11,16-17,20-21H,1,6-9,12-15,18H2,2-4H3,(H,32,38)(H,31,33,34)/t29-/m0/s1. The van der Waals surface area contributed by atoms with E-state index in [0.717, 1.165) is 57.7 Å². The molecule has 10 nitrogen and oxygen atoms in total. The van der Waals surface area contributed by atoms with Crippen molar-refractivity contribution in [3.8, 4) is 5.75 Å². The van der Waals surface area contributed by atoms with E-state index in [0.29, 0.717) is 28.5 Å². The summed E-state index contributed by atoms with van der Waals surface area (Å²) in [5, 5.41) is 6.32. The summed E-state index contributed by atoms with van der Waals surface area (Å²) in [6.07, 6.45) is 8.33. The lowest BCUT2D eigenvalue weighted by atomic mass is 10.0. The van der Waals surface area contributed by atoms with Gasteiger partial charge in [0.15, 0.2) is 5.82 Å². The first-order valence-electron chi connectivity index (χ1n) is 13.9. The number of alkyl halides is 1. The molecule has 2 aliphatic heterocycles. The topological polar surface area (TPSA) is 103 Å². The van der Waals surface area contributed by atoms with Gasteiger partial charge >= 0.3 is 0 Å². The van der Waals surface area contributed by atoms with Crippen LogP contribution in [0.4, 0.5) is 27.5 Å². The number of halogens is 1. The molecule has 1 aliphatic carbocycles. The number of benzene rings is 1. The fourth-order valence-electron chi connectivity index (χ4n) is 5.80. The van der Waals surface area contributed by atoms with E-state index in [1.165, 1.54) is 25.3 Å². The highest BCUT2D eigenvalue weighted by Crippen LogP contribution is 2.40. The van der Waals surface area contributed by atoms with Crippen molar-refractivity contribution < 1.29 is 18.7 Å². The second-order valence-corrected chi connectivity index (χ2v) is 11.0. The number of hydrogen-bond acceptors (Lipinski definition) is 8. The zero-order valence-corrected chi connectivity index (χ0v) is 23.5. The van der Waals surface area contributed by atoms with Crippen molar-refractivity contribution >= 4 is 35.0 Å². The Balaban J connectivity index is 1.40. The predicted octanol–water partition coefficient (Wildman–Crippen LogP) is 3.67. The van der Waals surface area contributed by atoms with Gasteiger partial charge in [0.25, 0.3) is 11.8 Å². The number of rotatable bonds is 7. The number of anilines is 4. The number of nitrogens with one attached hydrogen (secondary N) is 2. The van der Waals surface area contributed by atoms with Gasteiger partial charge in [0.2, 0.25) is 11.6 Å². The molecule has 2 fully saturated rings. The lowest BCUT2D eigenvalue weighted by molar-refractivity contribution is -0.126. The molecule has 3 heterocycles. The molecule has 1 aromatic heterocycles.